The largest absolute Gasteiger partial charge is 2.00 e. The average molecular weight is 259 g/mol. The van der Waals surface area contributed by atoms with Gasteiger partial charge in [-0.25, -0.2) is 0 Å². The maximum Gasteiger partial charge on any atom is 2.00 e. The van der Waals surface area contributed by atoms with Crippen LogP contribution in [0.1, 0.15) is 27.2 Å². The Morgan fingerprint density at radius 3 is 1.07 bits per heavy atom. The third-order valence-corrected chi connectivity index (χ3v) is 0.204. The number of hydrogen-bond acceptors (Lipinski definition) is 4. The quantitative estimate of drug-likeness (QED) is 0.410. The molecule has 0 bridgehead atoms. The second kappa shape index (κ2) is 129. The van der Waals surface area contributed by atoms with Gasteiger partial charge in [-0.1, -0.05) is 0 Å². The summed E-state index contributed by atoms with van der Waals surface area (Å²) in [5.74, 6) is 0. The molecule has 0 saturated carbocycles. The van der Waals surface area contributed by atoms with Gasteiger partial charge in [0.1, 0.15) is 0 Å². The van der Waals surface area contributed by atoms with Crippen molar-refractivity contribution in [1.29, 1.82) is 0 Å². The van der Waals surface area contributed by atoms with Crippen molar-refractivity contribution in [1.82, 2.24) is 0 Å². The molecule has 15 heavy (non-hydrogen) atoms. The van der Waals surface area contributed by atoms with Gasteiger partial charge in [-0.3, -0.25) is 0 Å². The number of hydrogen-bond donors (Lipinski definition) is 4. The molecule has 0 aliphatic carbocycles. The molecule has 0 atom stereocenters. The molecule has 0 fully saturated rings. The molecule has 0 amide bonds. The molecule has 0 saturated heterocycles. The van der Waals surface area contributed by atoms with E-state index in [9.17, 15) is 0 Å². The van der Waals surface area contributed by atoms with E-state index in [1.165, 1.54) is 0 Å². The van der Waals surface area contributed by atoms with Crippen LogP contribution in [0.3, 0.4) is 0 Å². The van der Waals surface area contributed by atoms with E-state index in [0.717, 1.165) is 13.5 Å². The van der Waals surface area contributed by atoms with Gasteiger partial charge in [-0.2, -0.15) is 13.3 Å². The van der Waals surface area contributed by atoms with Crippen molar-refractivity contribution in [3.8, 4) is 0 Å². The van der Waals surface area contributed by atoms with Crippen molar-refractivity contribution in [2.75, 3.05) is 26.9 Å². The van der Waals surface area contributed by atoms with E-state index >= 15 is 0 Å². The third kappa shape index (κ3) is 950. The van der Waals surface area contributed by atoms with Crippen LogP contribution in [0.15, 0.2) is 0 Å². The Kier molecular flexibility index (Phi) is 310. The van der Waals surface area contributed by atoms with E-state index < -0.39 is 0 Å². The average Bonchev–Trinajstić information content (AvgIpc) is 2.26. The second-order valence-corrected chi connectivity index (χ2v) is 1.27. The predicted octanol–water partition coefficient (Wildman–Crippen LogP) is 0.613. The molecule has 0 radical (unpaired) electrons. The van der Waals surface area contributed by atoms with Gasteiger partial charge in [0.05, 0.1) is 0 Å². The molecule has 5 N–H and O–H groups in total. The monoisotopic (exact) mass is 259 g/mol. The second-order valence-electron chi connectivity index (χ2n) is 1.27. The van der Waals surface area contributed by atoms with Crippen molar-refractivity contribution >= 4 is 0 Å². The van der Waals surface area contributed by atoms with Crippen LogP contribution in [-0.2, 0) is 21.7 Å². The van der Waals surface area contributed by atoms with Crippen LogP contribution in [0.25, 0.3) is 0 Å². The molecular weight excluding hydrogens is 230 g/mol. The van der Waals surface area contributed by atoms with Crippen LogP contribution >= 0.6 is 0 Å². The van der Waals surface area contributed by atoms with Gasteiger partial charge < -0.3 is 34.9 Å². The summed E-state index contributed by atoms with van der Waals surface area (Å²) in [6.07, 6.45) is 0.847. The van der Waals surface area contributed by atoms with Gasteiger partial charge in [0, 0.05) is 20.3 Å². The maximum absolute atomic E-state index is 7.57. The molecule has 0 aliphatic rings. The number of aliphatic hydroxyl groups excluding tert-OH is 3. The molecule has 0 aromatic rings. The Hall–Kier alpha value is 0.554. The zero-order valence-electron chi connectivity index (χ0n) is 10.7. The first-order valence-electron chi connectivity index (χ1n) is 4.61. The van der Waals surface area contributed by atoms with Crippen LogP contribution in [0.5, 0.6) is 0 Å². The Bertz CT molecular complexity index is 32.6. The summed E-state index contributed by atoms with van der Waals surface area (Å²) < 4.78 is 0. The van der Waals surface area contributed by atoms with Crippen LogP contribution in [0.2, 0.25) is 0 Å². The van der Waals surface area contributed by atoms with Gasteiger partial charge in [0.2, 0.25) is 0 Å². The van der Waals surface area contributed by atoms with E-state index in [4.69, 9.17) is 21.1 Å². The predicted molar refractivity (Wildman–Crippen MR) is 63.7 cm³/mol. The Labute approximate surface area is 111 Å². The molecule has 0 spiro atoms. The summed E-state index contributed by atoms with van der Waals surface area (Å²) in [5, 5.41) is 22.1. The van der Waals surface area contributed by atoms with E-state index in [0.29, 0.717) is 6.54 Å². The molecule has 0 aromatic carbocycles. The fourth-order valence-corrected chi connectivity index (χ4v) is 0. The molecular formula is C10H29NO3Ti. The van der Waals surface area contributed by atoms with E-state index in [1.54, 1.807) is 20.8 Å². The van der Waals surface area contributed by atoms with Crippen LogP contribution in [0, 0.1) is 13.8 Å². The van der Waals surface area contributed by atoms with Gasteiger partial charge >= 0.3 is 21.7 Å². The van der Waals surface area contributed by atoms with Gasteiger partial charge in [-0.15, -0.1) is 0 Å². The maximum atomic E-state index is 7.57. The van der Waals surface area contributed by atoms with E-state index in [-0.39, 0.29) is 34.9 Å². The summed E-state index contributed by atoms with van der Waals surface area (Å²) in [7, 11) is 1.00. The van der Waals surface area contributed by atoms with Gasteiger partial charge in [0.15, 0.2) is 0 Å². The summed E-state index contributed by atoms with van der Waals surface area (Å²) in [6, 6.07) is 0. The molecule has 96 valence electrons. The van der Waals surface area contributed by atoms with Crippen LogP contribution in [-0.4, -0.2) is 42.2 Å². The Balaban J connectivity index is -0.0000000171. The smallest absolute Gasteiger partial charge is 0.400 e. The van der Waals surface area contributed by atoms with Gasteiger partial charge in [-0.05, 0) is 20.4 Å². The normalized spacial score (nSPS) is 5.20. The summed E-state index contributed by atoms with van der Waals surface area (Å²) in [4.78, 5) is 0. The first-order valence-corrected chi connectivity index (χ1v) is 4.61. The van der Waals surface area contributed by atoms with E-state index in [1.807, 2.05) is 0 Å². The number of rotatable bonds is 1. The van der Waals surface area contributed by atoms with Crippen molar-refractivity contribution in [2.45, 2.75) is 27.2 Å². The van der Waals surface area contributed by atoms with E-state index in [2.05, 4.69) is 13.8 Å². The van der Waals surface area contributed by atoms with Crippen molar-refractivity contribution in [3.63, 3.8) is 0 Å². The first kappa shape index (κ1) is 36.1. The molecule has 0 aromatic heterocycles. The van der Waals surface area contributed by atoms with Crippen LogP contribution < -0.4 is 5.73 Å². The molecule has 5 heteroatoms. The summed E-state index contributed by atoms with van der Waals surface area (Å²) in [5.41, 5.74) is 4.97. The Morgan fingerprint density at radius 2 is 1.07 bits per heavy atom. The fraction of sp³-hybridized carbons (Fsp3) is 0.800. The fourth-order valence-electron chi connectivity index (χ4n) is 0. The summed E-state index contributed by atoms with van der Waals surface area (Å²) >= 11 is 0. The molecule has 0 heterocycles. The van der Waals surface area contributed by atoms with Crippen molar-refractivity contribution in [3.05, 3.63) is 13.8 Å². The van der Waals surface area contributed by atoms with Crippen LogP contribution in [0.4, 0.5) is 0 Å². The minimum absolute atomic E-state index is 0. The minimum atomic E-state index is 0. The zero-order valence-corrected chi connectivity index (χ0v) is 12.2. The summed E-state index contributed by atoms with van der Waals surface area (Å²) in [6.45, 7) is 13.0. The van der Waals surface area contributed by atoms with Crippen molar-refractivity contribution < 1.29 is 37.0 Å². The minimum Gasteiger partial charge on any atom is -0.400 e. The standard InChI is InChI=1S/C3H8N.2C2H6O.C2H5.CH4O.Ti/c1-2-3-4;2*1-2-3;2*1-2;/h1-4H2;2*3H,2H2,1H3;1H2,2H3;2H,1H3;/q-1;;;-1;;+2. The first-order chi connectivity index (χ1) is 6.74. The number of nitrogens with two attached hydrogens (primary N) is 1. The third-order valence-electron chi connectivity index (χ3n) is 0.204. The zero-order chi connectivity index (χ0) is 12.8. The molecule has 0 unspecified atom stereocenters. The SMILES string of the molecule is CCO.CCO.CO.[CH2-]C.[CH2-]CCN.[Ti+2]. The van der Waals surface area contributed by atoms with Crippen molar-refractivity contribution in [2.24, 2.45) is 5.73 Å². The molecule has 0 aliphatic heterocycles. The Morgan fingerprint density at radius 1 is 1.00 bits per heavy atom. The topological polar surface area (TPSA) is 86.7 Å². The molecule has 4 nitrogen and oxygen atoms in total. The molecule has 0 rings (SSSR count). The van der Waals surface area contributed by atoms with Gasteiger partial charge in [0.25, 0.3) is 0 Å². The number of aliphatic hydroxyl groups is 3.